The van der Waals surface area contributed by atoms with Gasteiger partial charge in [-0.1, -0.05) is 12.1 Å². The summed E-state index contributed by atoms with van der Waals surface area (Å²) in [7, 11) is 6.64. The number of aliphatic imine (C=N–C) groups is 1. The molecule has 0 amide bonds. The van der Waals surface area contributed by atoms with E-state index in [1.807, 2.05) is 36.4 Å². The van der Waals surface area contributed by atoms with Gasteiger partial charge in [-0.15, -0.1) is 24.0 Å². The third kappa shape index (κ3) is 6.76. The van der Waals surface area contributed by atoms with Gasteiger partial charge in [-0.25, -0.2) is 0 Å². The first-order valence-electron chi connectivity index (χ1n) is 8.09. The molecule has 0 aromatic heterocycles. The molecule has 0 saturated carbocycles. The molecule has 0 aliphatic heterocycles. The van der Waals surface area contributed by atoms with Crippen LogP contribution in [-0.4, -0.2) is 34.3 Å². The van der Waals surface area contributed by atoms with E-state index in [1.54, 1.807) is 28.4 Å². The van der Waals surface area contributed by atoms with Gasteiger partial charge in [0.2, 0.25) is 0 Å². The number of hydrogen-bond donors (Lipinski definition) is 2. The second-order valence-electron chi connectivity index (χ2n) is 5.44. The smallest absolute Gasteiger partial charge is 0.191 e. The Labute approximate surface area is 185 Å². The van der Waals surface area contributed by atoms with Gasteiger partial charge in [0, 0.05) is 20.1 Å². The molecule has 27 heavy (non-hydrogen) atoms. The van der Waals surface area contributed by atoms with Gasteiger partial charge in [-0.05, 0) is 51.3 Å². The molecule has 148 valence electrons. The number of halogens is 2. The zero-order valence-electron chi connectivity index (χ0n) is 15.8. The Hall–Kier alpha value is -1.68. The average Bonchev–Trinajstić information content (AvgIpc) is 2.68. The van der Waals surface area contributed by atoms with Crippen LogP contribution < -0.4 is 24.8 Å². The van der Waals surface area contributed by atoms with E-state index >= 15 is 0 Å². The highest BCUT2D eigenvalue weighted by atomic mass is 127. The molecule has 0 bridgehead atoms. The van der Waals surface area contributed by atoms with Crippen molar-refractivity contribution in [3.63, 3.8) is 0 Å². The molecule has 0 fully saturated rings. The van der Waals surface area contributed by atoms with Gasteiger partial charge in [0.25, 0.3) is 0 Å². The maximum absolute atomic E-state index is 5.38. The Bertz CT molecular complexity index is 755. The fraction of sp³-hybridized carbons (Fsp3) is 0.316. The van der Waals surface area contributed by atoms with Gasteiger partial charge in [0.15, 0.2) is 17.5 Å². The van der Waals surface area contributed by atoms with Gasteiger partial charge >= 0.3 is 0 Å². The monoisotopic (exact) mass is 549 g/mol. The van der Waals surface area contributed by atoms with Crippen LogP contribution in [0.4, 0.5) is 0 Å². The van der Waals surface area contributed by atoms with Crippen LogP contribution in [0.1, 0.15) is 11.1 Å². The predicted molar refractivity (Wildman–Crippen MR) is 123 cm³/mol. The quantitative estimate of drug-likeness (QED) is 0.311. The Morgan fingerprint density at radius 2 is 1.56 bits per heavy atom. The molecule has 2 rings (SSSR count). The zero-order chi connectivity index (χ0) is 18.9. The van der Waals surface area contributed by atoms with E-state index in [0.29, 0.717) is 30.5 Å². The van der Waals surface area contributed by atoms with Crippen molar-refractivity contribution in [2.45, 2.75) is 13.1 Å². The summed E-state index contributed by atoms with van der Waals surface area (Å²) in [6.45, 7) is 1.26. The first kappa shape index (κ1) is 23.4. The number of nitrogens with one attached hydrogen (secondary N) is 2. The van der Waals surface area contributed by atoms with E-state index in [1.165, 1.54) is 0 Å². The van der Waals surface area contributed by atoms with E-state index in [9.17, 15) is 0 Å². The fourth-order valence-electron chi connectivity index (χ4n) is 2.41. The Kier molecular flexibility index (Phi) is 10.3. The molecule has 8 heteroatoms. The van der Waals surface area contributed by atoms with Crippen LogP contribution in [0.2, 0.25) is 0 Å². The molecule has 0 aliphatic carbocycles. The second-order valence-corrected chi connectivity index (χ2v) is 6.29. The lowest BCUT2D eigenvalue weighted by atomic mass is 10.2. The highest BCUT2D eigenvalue weighted by molar-refractivity contribution is 14.0. The van der Waals surface area contributed by atoms with Gasteiger partial charge in [-0.2, -0.15) is 0 Å². The highest BCUT2D eigenvalue weighted by Crippen LogP contribution is 2.36. The number of hydrogen-bond acceptors (Lipinski definition) is 4. The summed E-state index contributed by atoms with van der Waals surface area (Å²) in [5, 5.41) is 6.58. The lowest BCUT2D eigenvalue weighted by molar-refractivity contribution is 0.352. The minimum atomic E-state index is 0. The predicted octanol–water partition coefficient (Wildman–Crippen LogP) is 3.96. The van der Waals surface area contributed by atoms with E-state index in [4.69, 9.17) is 14.2 Å². The van der Waals surface area contributed by atoms with Crippen molar-refractivity contribution >= 4 is 45.9 Å². The van der Waals surface area contributed by atoms with Gasteiger partial charge in [0.1, 0.15) is 5.75 Å². The van der Waals surface area contributed by atoms with Crippen LogP contribution in [-0.2, 0) is 13.1 Å². The summed E-state index contributed by atoms with van der Waals surface area (Å²) in [4.78, 5) is 4.25. The molecule has 2 aromatic rings. The van der Waals surface area contributed by atoms with Crippen molar-refractivity contribution < 1.29 is 14.2 Å². The second kappa shape index (κ2) is 11.9. The largest absolute Gasteiger partial charge is 0.497 e. The average molecular weight is 550 g/mol. The van der Waals surface area contributed by atoms with Gasteiger partial charge in [0.05, 0.1) is 25.8 Å². The zero-order valence-corrected chi connectivity index (χ0v) is 19.8. The molecule has 2 N–H and O–H groups in total. The van der Waals surface area contributed by atoms with E-state index < -0.39 is 0 Å². The van der Waals surface area contributed by atoms with E-state index in [2.05, 4.69) is 31.6 Å². The minimum absolute atomic E-state index is 0. The number of methoxy groups -OCH3 is 3. The molecule has 0 heterocycles. The van der Waals surface area contributed by atoms with Crippen LogP contribution in [0.15, 0.2) is 45.9 Å². The first-order chi connectivity index (χ1) is 12.6. The van der Waals surface area contributed by atoms with Crippen molar-refractivity contribution in [3.8, 4) is 17.2 Å². The van der Waals surface area contributed by atoms with Crippen LogP contribution in [0.25, 0.3) is 0 Å². The van der Waals surface area contributed by atoms with Gasteiger partial charge < -0.3 is 24.8 Å². The van der Waals surface area contributed by atoms with Crippen LogP contribution in [0, 0.1) is 0 Å². The van der Waals surface area contributed by atoms with Crippen molar-refractivity contribution in [2.24, 2.45) is 4.99 Å². The molecule has 0 atom stereocenters. The summed E-state index contributed by atoms with van der Waals surface area (Å²) >= 11 is 3.51. The summed E-state index contributed by atoms with van der Waals surface area (Å²) < 4.78 is 16.7. The number of benzene rings is 2. The Balaban J connectivity index is 0.00000364. The SMILES string of the molecule is CN=C(NCc1ccc(OC)cc1)NCc1cc(Br)c(OC)c(OC)c1.I. The Morgan fingerprint density at radius 3 is 2.07 bits per heavy atom. The molecular weight excluding hydrogens is 525 g/mol. The van der Waals surface area contributed by atoms with Crippen LogP contribution >= 0.6 is 39.9 Å². The topological polar surface area (TPSA) is 64.1 Å². The van der Waals surface area contributed by atoms with E-state index in [-0.39, 0.29) is 24.0 Å². The van der Waals surface area contributed by atoms with Crippen molar-refractivity contribution in [3.05, 3.63) is 52.0 Å². The van der Waals surface area contributed by atoms with Crippen molar-refractivity contribution in [1.29, 1.82) is 0 Å². The van der Waals surface area contributed by atoms with E-state index in [0.717, 1.165) is 21.3 Å². The minimum Gasteiger partial charge on any atom is -0.497 e. The number of rotatable bonds is 7. The van der Waals surface area contributed by atoms with Crippen molar-refractivity contribution in [2.75, 3.05) is 28.4 Å². The summed E-state index contributed by atoms with van der Waals surface area (Å²) in [6.07, 6.45) is 0. The normalized spacial score (nSPS) is 10.6. The molecular formula is C19H25BrIN3O3. The standard InChI is InChI=1S/C19H24BrN3O3.HI/c1-21-19(22-11-13-5-7-15(24-2)8-6-13)23-12-14-9-16(20)18(26-4)17(10-14)25-3;/h5-10H,11-12H2,1-4H3,(H2,21,22,23);1H. The van der Waals surface area contributed by atoms with Crippen LogP contribution in [0.5, 0.6) is 17.2 Å². The maximum atomic E-state index is 5.38. The lowest BCUT2D eigenvalue weighted by Gasteiger charge is -2.15. The van der Waals surface area contributed by atoms with Crippen LogP contribution in [0.3, 0.4) is 0 Å². The molecule has 2 aromatic carbocycles. The molecule has 0 radical (unpaired) electrons. The highest BCUT2D eigenvalue weighted by Gasteiger charge is 2.10. The third-order valence-corrected chi connectivity index (χ3v) is 4.38. The molecule has 0 spiro atoms. The molecule has 0 unspecified atom stereocenters. The Morgan fingerprint density at radius 1 is 0.926 bits per heavy atom. The third-order valence-electron chi connectivity index (χ3n) is 3.80. The summed E-state index contributed by atoms with van der Waals surface area (Å²) in [6, 6.07) is 11.8. The van der Waals surface area contributed by atoms with Gasteiger partial charge in [-0.3, -0.25) is 4.99 Å². The fourth-order valence-corrected chi connectivity index (χ4v) is 3.06. The molecule has 0 saturated heterocycles. The number of guanidine groups is 1. The van der Waals surface area contributed by atoms with Crippen molar-refractivity contribution in [1.82, 2.24) is 10.6 Å². The number of ether oxygens (including phenoxy) is 3. The first-order valence-corrected chi connectivity index (χ1v) is 8.88. The maximum Gasteiger partial charge on any atom is 0.191 e. The number of nitrogens with zero attached hydrogens (tertiary/aromatic N) is 1. The summed E-state index contributed by atoms with van der Waals surface area (Å²) in [5.41, 5.74) is 2.18. The summed E-state index contributed by atoms with van der Waals surface area (Å²) in [5.74, 6) is 2.92. The molecule has 6 nitrogen and oxygen atoms in total. The lowest BCUT2D eigenvalue weighted by Crippen LogP contribution is -2.36. The molecule has 0 aliphatic rings.